The van der Waals surface area contributed by atoms with Crippen molar-refractivity contribution in [2.75, 3.05) is 0 Å². The highest BCUT2D eigenvalue weighted by Gasteiger charge is 2.46. The molecule has 48 heavy (non-hydrogen) atoms. The number of aliphatic hydroxyl groups is 2. The van der Waals surface area contributed by atoms with E-state index in [9.17, 15) is 20.4 Å². The van der Waals surface area contributed by atoms with E-state index in [0.29, 0.717) is 11.1 Å². The summed E-state index contributed by atoms with van der Waals surface area (Å²) in [7, 11) is 0. The van der Waals surface area contributed by atoms with Gasteiger partial charge >= 0.3 is 0 Å². The van der Waals surface area contributed by atoms with Gasteiger partial charge < -0.3 is 20.4 Å². The van der Waals surface area contributed by atoms with Crippen molar-refractivity contribution >= 4 is 0 Å². The summed E-state index contributed by atoms with van der Waals surface area (Å²) < 4.78 is 0. The lowest BCUT2D eigenvalue weighted by Crippen LogP contribution is -2.28. The smallest absolute Gasteiger partial charge is 0.219 e. The summed E-state index contributed by atoms with van der Waals surface area (Å²) in [6.45, 7) is 0. The summed E-state index contributed by atoms with van der Waals surface area (Å²) in [5.74, 6) is -1.45. The molecule has 0 unspecified atom stereocenters. The van der Waals surface area contributed by atoms with Gasteiger partial charge in [0.05, 0.1) is 5.41 Å². The normalized spacial score (nSPS) is 14.1. The molecule has 232 valence electrons. The lowest BCUT2D eigenvalue weighted by atomic mass is 9.68. The third-order valence-corrected chi connectivity index (χ3v) is 9.64. The van der Waals surface area contributed by atoms with Crippen LogP contribution in [0.25, 0.3) is 33.4 Å². The Morgan fingerprint density at radius 1 is 0.333 bits per heavy atom. The third-order valence-electron chi connectivity index (χ3n) is 9.64. The number of fused-ring (bicyclic) bond motifs is 6. The Morgan fingerprint density at radius 2 is 0.729 bits per heavy atom. The van der Waals surface area contributed by atoms with Gasteiger partial charge in [-0.05, 0) is 79.9 Å². The average Bonchev–Trinajstić information content (AvgIpc) is 3.56. The first kappa shape index (κ1) is 29.5. The molecular formula is C44H32O4. The first-order chi connectivity index (χ1) is 23.4. The molecule has 0 aromatic heterocycles. The molecule has 0 saturated carbocycles. The van der Waals surface area contributed by atoms with Gasteiger partial charge in [-0.25, -0.2) is 0 Å². The monoisotopic (exact) mass is 624 g/mol. The molecule has 4 N–H and O–H groups in total. The minimum Gasteiger partial charge on any atom is -0.508 e. The minimum atomic E-state index is -1.95. The maximum atomic E-state index is 10.7. The van der Waals surface area contributed by atoms with Crippen LogP contribution in [0.15, 0.2) is 170 Å². The van der Waals surface area contributed by atoms with Crippen molar-refractivity contribution in [2.24, 2.45) is 0 Å². The number of hydrogen-bond acceptors (Lipinski definition) is 4. The number of phenolic OH excluding ortho intramolecular Hbond substituents is 2. The fraction of sp³-hybridized carbons (Fsp3) is 0.0455. The molecule has 0 atom stereocenters. The molecule has 0 saturated heterocycles. The lowest BCUT2D eigenvalue weighted by molar-refractivity contribution is -0.128. The van der Waals surface area contributed by atoms with Crippen molar-refractivity contribution in [2.45, 2.75) is 11.2 Å². The number of benzene rings is 7. The van der Waals surface area contributed by atoms with Gasteiger partial charge in [-0.15, -0.1) is 0 Å². The second kappa shape index (κ2) is 11.4. The Hall–Kier alpha value is -5.94. The highest BCUT2D eigenvalue weighted by molar-refractivity contribution is 5.87. The van der Waals surface area contributed by atoms with Crippen LogP contribution >= 0.6 is 0 Å². The van der Waals surface area contributed by atoms with Crippen LogP contribution < -0.4 is 0 Å². The summed E-state index contributed by atoms with van der Waals surface area (Å²) >= 11 is 0. The van der Waals surface area contributed by atoms with Crippen molar-refractivity contribution in [1.29, 1.82) is 0 Å². The van der Waals surface area contributed by atoms with Crippen LogP contribution in [0.2, 0.25) is 0 Å². The maximum Gasteiger partial charge on any atom is 0.219 e. The first-order valence-electron chi connectivity index (χ1n) is 15.9. The molecule has 4 nitrogen and oxygen atoms in total. The number of phenols is 2. The fourth-order valence-corrected chi connectivity index (χ4v) is 7.61. The lowest BCUT2D eigenvalue weighted by Gasteiger charge is -2.33. The topological polar surface area (TPSA) is 80.9 Å². The van der Waals surface area contributed by atoms with E-state index >= 15 is 0 Å². The summed E-state index contributed by atoms with van der Waals surface area (Å²) in [4.78, 5) is 0. The van der Waals surface area contributed by atoms with Crippen LogP contribution in [-0.4, -0.2) is 20.4 Å². The van der Waals surface area contributed by atoms with Gasteiger partial charge in [0.1, 0.15) is 11.5 Å². The predicted molar refractivity (Wildman–Crippen MR) is 190 cm³/mol. The zero-order valence-electron chi connectivity index (χ0n) is 26.0. The molecule has 0 spiro atoms. The van der Waals surface area contributed by atoms with E-state index < -0.39 is 11.2 Å². The van der Waals surface area contributed by atoms with Crippen LogP contribution in [-0.2, 0) is 11.2 Å². The zero-order valence-corrected chi connectivity index (χ0v) is 26.0. The van der Waals surface area contributed by atoms with E-state index in [1.165, 1.54) is 22.3 Å². The van der Waals surface area contributed by atoms with E-state index in [4.69, 9.17) is 0 Å². The molecule has 2 aliphatic rings. The van der Waals surface area contributed by atoms with Gasteiger partial charge in [-0.3, -0.25) is 0 Å². The fourth-order valence-electron chi connectivity index (χ4n) is 7.61. The van der Waals surface area contributed by atoms with Gasteiger partial charge in [-0.2, -0.15) is 0 Å². The summed E-state index contributed by atoms with van der Waals surface area (Å²) in [6.07, 6.45) is 0. The van der Waals surface area contributed by atoms with Crippen LogP contribution in [0, 0.1) is 0 Å². The highest BCUT2D eigenvalue weighted by atomic mass is 16.5. The molecule has 4 heteroatoms. The van der Waals surface area contributed by atoms with Crippen molar-refractivity contribution in [1.82, 2.24) is 0 Å². The molecule has 0 bridgehead atoms. The van der Waals surface area contributed by atoms with Crippen LogP contribution in [0.3, 0.4) is 0 Å². The van der Waals surface area contributed by atoms with Gasteiger partial charge in [0.2, 0.25) is 5.79 Å². The predicted octanol–water partition coefficient (Wildman–Crippen LogP) is 8.98. The SMILES string of the molecule is OC1(O)c2ccccc2-c2cccc(-c3ccccc3)c21.Oc1ccc(C2(c3ccc(O)cc3)c3ccccc3-c3ccccc32)cc1. The highest BCUT2D eigenvalue weighted by Crippen LogP contribution is 2.56. The van der Waals surface area contributed by atoms with Gasteiger partial charge in [0.25, 0.3) is 0 Å². The Balaban J connectivity index is 0.000000145. The number of hydrogen-bond donors (Lipinski definition) is 4. The Labute approximate surface area is 279 Å². The van der Waals surface area contributed by atoms with Crippen LogP contribution in [0.5, 0.6) is 11.5 Å². The van der Waals surface area contributed by atoms with Gasteiger partial charge in [0, 0.05) is 11.1 Å². The summed E-state index contributed by atoms with van der Waals surface area (Å²) in [5.41, 5.74) is 11.3. The molecule has 7 aromatic carbocycles. The van der Waals surface area contributed by atoms with Crippen molar-refractivity contribution in [3.8, 4) is 44.9 Å². The molecule has 0 fully saturated rings. The van der Waals surface area contributed by atoms with Crippen LogP contribution in [0.1, 0.15) is 33.4 Å². The maximum absolute atomic E-state index is 10.7. The Bertz CT molecular complexity index is 2180. The van der Waals surface area contributed by atoms with Crippen molar-refractivity contribution < 1.29 is 20.4 Å². The van der Waals surface area contributed by atoms with Gasteiger partial charge in [-0.1, -0.05) is 146 Å². The molecule has 0 aliphatic heterocycles. The van der Waals surface area contributed by atoms with E-state index in [0.717, 1.165) is 33.4 Å². The zero-order chi connectivity index (χ0) is 32.9. The largest absolute Gasteiger partial charge is 0.508 e. The molecular weight excluding hydrogens is 592 g/mol. The van der Waals surface area contributed by atoms with Crippen molar-refractivity contribution in [3.05, 3.63) is 203 Å². The molecule has 0 heterocycles. The molecule has 0 amide bonds. The number of rotatable bonds is 3. The van der Waals surface area contributed by atoms with E-state index in [-0.39, 0.29) is 11.5 Å². The number of aromatic hydroxyl groups is 2. The third kappa shape index (κ3) is 4.46. The quantitative estimate of drug-likeness (QED) is 0.148. The standard InChI is InChI=1S/C25H18O2.C19H14O2/c26-19-13-9-17(10-14-19)25(18-11-15-20(27)16-12-18)23-7-3-1-5-21(23)22-6-2-4-8-24(22)25;20-19(21)17-12-5-4-9-15(17)16-11-6-10-14(18(16)19)13-7-2-1-3-8-13/h1-16,26-27H;1-12,20-21H. The first-order valence-corrected chi connectivity index (χ1v) is 15.9. The molecule has 0 radical (unpaired) electrons. The van der Waals surface area contributed by atoms with E-state index in [2.05, 4.69) is 48.5 Å². The minimum absolute atomic E-state index is 0.249. The summed E-state index contributed by atoms with van der Waals surface area (Å²) in [6, 6.07) is 54.9. The van der Waals surface area contributed by atoms with E-state index in [1.54, 1.807) is 30.3 Å². The van der Waals surface area contributed by atoms with Gasteiger partial charge in [0.15, 0.2) is 0 Å². The summed E-state index contributed by atoms with van der Waals surface area (Å²) in [5, 5.41) is 41.1. The van der Waals surface area contributed by atoms with Crippen LogP contribution in [0.4, 0.5) is 0 Å². The second-order valence-electron chi connectivity index (χ2n) is 12.2. The second-order valence-corrected chi connectivity index (χ2v) is 12.2. The Morgan fingerprint density at radius 3 is 1.25 bits per heavy atom. The van der Waals surface area contributed by atoms with Crippen molar-refractivity contribution in [3.63, 3.8) is 0 Å². The van der Waals surface area contributed by atoms with E-state index in [1.807, 2.05) is 91.0 Å². The average molecular weight is 625 g/mol. The molecule has 7 aromatic rings. The Kier molecular flexibility index (Phi) is 6.99. The molecule has 9 rings (SSSR count). The molecule has 2 aliphatic carbocycles.